The van der Waals surface area contributed by atoms with Crippen molar-refractivity contribution in [2.24, 2.45) is 0 Å². The van der Waals surface area contributed by atoms with Gasteiger partial charge in [-0.1, -0.05) is 0 Å². The molecule has 4 aromatic rings. The minimum absolute atomic E-state index is 0.0938. The van der Waals surface area contributed by atoms with E-state index in [9.17, 15) is 29.4 Å². The number of benzene rings is 2. The molecule has 2 aromatic heterocycles. The summed E-state index contributed by atoms with van der Waals surface area (Å²) in [6, 6.07) is 10.6. The van der Waals surface area contributed by atoms with Crippen LogP contribution in [0.4, 0.5) is 0 Å². The largest absolute Gasteiger partial charge is 0.508 e. The number of phenols is 2. The molecule has 4 rings (SSSR count). The van der Waals surface area contributed by atoms with Gasteiger partial charge >= 0.3 is 11.3 Å². The Labute approximate surface area is 161 Å². The van der Waals surface area contributed by atoms with Crippen molar-refractivity contribution >= 4 is 33.5 Å². The van der Waals surface area contributed by atoms with Crippen molar-refractivity contribution in [1.29, 1.82) is 0 Å². The number of carbonyl (C=O) groups is 2. The fraction of sp³-hybridized carbons (Fsp3) is 0.0476. The van der Waals surface area contributed by atoms with Crippen LogP contribution in [0.15, 0.2) is 67.0 Å². The van der Waals surface area contributed by atoms with Gasteiger partial charge in [-0.15, -0.1) is 0 Å². The van der Waals surface area contributed by atoms with E-state index in [4.69, 9.17) is 8.83 Å². The van der Waals surface area contributed by atoms with Crippen molar-refractivity contribution in [2.45, 2.75) is 6.42 Å². The van der Waals surface area contributed by atoms with Gasteiger partial charge in [0.1, 0.15) is 33.8 Å². The number of ketones is 2. The molecule has 2 N–H and O–H groups in total. The molecule has 0 spiro atoms. The molecule has 0 amide bonds. The molecule has 2 aromatic carbocycles. The molecule has 0 aliphatic rings. The zero-order chi connectivity index (χ0) is 20.7. The van der Waals surface area contributed by atoms with E-state index in [0.717, 1.165) is 0 Å². The highest BCUT2D eigenvalue weighted by molar-refractivity contribution is 6.14. The Balaban J connectivity index is 1.67. The van der Waals surface area contributed by atoms with Gasteiger partial charge in [0.25, 0.3) is 0 Å². The van der Waals surface area contributed by atoms with E-state index in [1.54, 1.807) is 0 Å². The zero-order valence-electron chi connectivity index (χ0n) is 14.7. The normalized spacial score (nSPS) is 11.0. The van der Waals surface area contributed by atoms with Gasteiger partial charge in [-0.3, -0.25) is 9.59 Å². The first-order chi connectivity index (χ1) is 13.8. The lowest BCUT2D eigenvalue weighted by molar-refractivity contribution is 0.0890. The molecule has 0 radical (unpaired) electrons. The minimum atomic E-state index is -0.957. The van der Waals surface area contributed by atoms with Gasteiger partial charge in [0.15, 0.2) is 11.6 Å². The zero-order valence-corrected chi connectivity index (χ0v) is 14.7. The second kappa shape index (κ2) is 6.75. The molecule has 0 saturated carbocycles. The number of aromatic hydroxyl groups is 2. The Kier molecular flexibility index (Phi) is 4.23. The van der Waals surface area contributed by atoms with Crippen LogP contribution >= 0.6 is 0 Å². The van der Waals surface area contributed by atoms with Crippen LogP contribution in [0, 0.1) is 0 Å². The first-order valence-electron chi connectivity index (χ1n) is 8.42. The Hall–Kier alpha value is -4.20. The van der Waals surface area contributed by atoms with Crippen molar-refractivity contribution < 1.29 is 28.6 Å². The van der Waals surface area contributed by atoms with Crippen molar-refractivity contribution in [3.8, 4) is 11.5 Å². The molecule has 29 heavy (non-hydrogen) atoms. The molecule has 8 nitrogen and oxygen atoms in total. The Bertz CT molecular complexity index is 1320. The summed E-state index contributed by atoms with van der Waals surface area (Å²) in [6.45, 7) is 0. The van der Waals surface area contributed by atoms with Crippen molar-refractivity contribution in [1.82, 2.24) is 0 Å². The summed E-state index contributed by atoms with van der Waals surface area (Å²) in [5.74, 6) is -1.84. The van der Waals surface area contributed by atoms with Gasteiger partial charge in [-0.25, -0.2) is 9.59 Å². The average molecular weight is 392 g/mol. The molecule has 0 bridgehead atoms. The summed E-state index contributed by atoms with van der Waals surface area (Å²) in [4.78, 5) is 49.2. The standard InChI is InChI=1S/C21H12O8/c22-12-3-1-10-5-14(20(26)28-18(10)7-12)16(24)9-17(25)15-6-11-2-4-13(23)8-19(11)29-21(15)27/h1-8,22-23H,9H2. The summed E-state index contributed by atoms with van der Waals surface area (Å²) in [7, 11) is 0. The molecule has 0 unspecified atom stereocenters. The van der Waals surface area contributed by atoms with E-state index >= 15 is 0 Å². The van der Waals surface area contributed by atoms with Crippen molar-refractivity contribution in [3.63, 3.8) is 0 Å². The van der Waals surface area contributed by atoms with Crippen LogP contribution in [0.5, 0.6) is 11.5 Å². The number of carbonyl (C=O) groups excluding carboxylic acids is 2. The average Bonchev–Trinajstić information content (AvgIpc) is 2.66. The quantitative estimate of drug-likeness (QED) is 0.307. The number of hydrogen-bond acceptors (Lipinski definition) is 8. The number of fused-ring (bicyclic) bond motifs is 2. The summed E-state index contributed by atoms with van der Waals surface area (Å²) < 4.78 is 10.0. The SMILES string of the molecule is O=C(CC(=O)c1cc2ccc(O)cc2oc1=O)c1cc2ccc(O)cc2oc1=O. The maximum absolute atomic E-state index is 12.5. The lowest BCUT2D eigenvalue weighted by Crippen LogP contribution is -2.20. The molecule has 0 saturated heterocycles. The Morgan fingerprint density at radius 3 is 1.52 bits per heavy atom. The minimum Gasteiger partial charge on any atom is -0.508 e. The van der Waals surface area contributed by atoms with Crippen LogP contribution < -0.4 is 11.3 Å². The monoisotopic (exact) mass is 392 g/mol. The molecule has 2 heterocycles. The summed E-state index contributed by atoms with van der Waals surface area (Å²) in [6.07, 6.45) is -0.733. The van der Waals surface area contributed by atoms with Crippen LogP contribution in [0.3, 0.4) is 0 Å². The van der Waals surface area contributed by atoms with Gasteiger partial charge in [-0.2, -0.15) is 0 Å². The van der Waals surface area contributed by atoms with Crippen LogP contribution in [-0.2, 0) is 0 Å². The van der Waals surface area contributed by atoms with Gasteiger partial charge in [0.05, 0.1) is 6.42 Å². The third kappa shape index (κ3) is 3.39. The molecule has 0 atom stereocenters. The summed E-state index contributed by atoms with van der Waals surface area (Å²) in [5.41, 5.74) is -2.41. The fourth-order valence-electron chi connectivity index (χ4n) is 2.92. The van der Waals surface area contributed by atoms with Crippen LogP contribution in [0.2, 0.25) is 0 Å². The highest BCUT2D eigenvalue weighted by Crippen LogP contribution is 2.21. The predicted octanol–water partition coefficient (Wildman–Crippen LogP) is 2.77. The van der Waals surface area contributed by atoms with Gasteiger partial charge < -0.3 is 19.0 Å². The van der Waals surface area contributed by atoms with Crippen LogP contribution in [0.25, 0.3) is 21.9 Å². The summed E-state index contributed by atoms with van der Waals surface area (Å²) >= 11 is 0. The number of Topliss-reactive ketones (excluding diaryl/α,β-unsaturated/α-hetero) is 2. The van der Waals surface area contributed by atoms with Crippen molar-refractivity contribution in [2.75, 3.05) is 0 Å². The third-order valence-electron chi connectivity index (χ3n) is 4.36. The molecule has 0 fully saturated rings. The molecule has 8 heteroatoms. The third-order valence-corrected chi connectivity index (χ3v) is 4.36. The van der Waals surface area contributed by atoms with E-state index in [1.807, 2.05) is 0 Å². The van der Waals surface area contributed by atoms with Gasteiger partial charge in [0, 0.05) is 22.9 Å². The second-order valence-electron chi connectivity index (χ2n) is 6.36. The Morgan fingerprint density at radius 1 is 0.690 bits per heavy atom. The fourth-order valence-corrected chi connectivity index (χ4v) is 2.92. The number of phenolic OH excluding ortho intramolecular Hbond substituents is 2. The van der Waals surface area contributed by atoms with E-state index < -0.39 is 29.2 Å². The highest BCUT2D eigenvalue weighted by Gasteiger charge is 2.21. The number of hydrogen-bond donors (Lipinski definition) is 2. The van der Waals surface area contributed by atoms with E-state index in [-0.39, 0.29) is 33.8 Å². The highest BCUT2D eigenvalue weighted by atomic mass is 16.4. The first kappa shape index (κ1) is 18.2. The smallest absolute Gasteiger partial charge is 0.347 e. The van der Waals surface area contributed by atoms with Crippen molar-refractivity contribution in [3.05, 3.63) is 80.5 Å². The maximum Gasteiger partial charge on any atom is 0.347 e. The molecule has 144 valence electrons. The maximum atomic E-state index is 12.5. The van der Waals surface area contributed by atoms with Crippen LogP contribution in [-0.4, -0.2) is 21.8 Å². The van der Waals surface area contributed by atoms with Gasteiger partial charge in [0.2, 0.25) is 0 Å². The molecular formula is C21H12O8. The Morgan fingerprint density at radius 2 is 1.10 bits per heavy atom. The predicted molar refractivity (Wildman–Crippen MR) is 102 cm³/mol. The lowest BCUT2D eigenvalue weighted by atomic mass is 10.0. The van der Waals surface area contributed by atoms with E-state index in [0.29, 0.717) is 10.8 Å². The number of rotatable bonds is 4. The van der Waals surface area contributed by atoms with Crippen LogP contribution in [0.1, 0.15) is 27.1 Å². The van der Waals surface area contributed by atoms with Gasteiger partial charge in [-0.05, 0) is 36.4 Å². The lowest BCUT2D eigenvalue weighted by Gasteiger charge is -2.03. The topological polar surface area (TPSA) is 135 Å². The van der Waals surface area contributed by atoms with E-state index in [2.05, 4.69) is 0 Å². The molecular weight excluding hydrogens is 380 g/mol. The summed E-state index contributed by atoms with van der Waals surface area (Å²) in [5, 5.41) is 19.7. The van der Waals surface area contributed by atoms with E-state index in [1.165, 1.54) is 48.5 Å². The first-order valence-corrected chi connectivity index (χ1v) is 8.42. The molecule has 0 aliphatic carbocycles. The molecule has 0 aliphatic heterocycles. The second-order valence-corrected chi connectivity index (χ2v) is 6.36.